The molecule has 0 fully saturated rings. The molecular weight excluding hydrogens is 302 g/mol. The van der Waals surface area contributed by atoms with E-state index in [0.29, 0.717) is 11.6 Å². The zero-order chi connectivity index (χ0) is 14.8. The van der Waals surface area contributed by atoms with Crippen molar-refractivity contribution in [3.63, 3.8) is 0 Å². The van der Waals surface area contributed by atoms with E-state index in [1.807, 2.05) is 49.4 Å². The van der Waals surface area contributed by atoms with Gasteiger partial charge in [-0.05, 0) is 41.6 Å². The Balaban J connectivity index is 1.78. The van der Waals surface area contributed by atoms with Gasteiger partial charge in [0.15, 0.2) is 0 Å². The largest absolute Gasteiger partial charge is 0.347 e. The lowest BCUT2D eigenvalue weighted by Crippen LogP contribution is -2.22. The van der Waals surface area contributed by atoms with E-state index in [2.05, 4.69) is 11.4 Å². The maximum atomic E-state index is 12.3. The van der Waals surface area contributed by atoms with Crippen LogP contribution < -0.4 is 5.32 Å². The minimum atomic E-state index is -0.0244. The number of benzene rings is 2. The quantitative estimate of drug-likeness (QED) is 0.739. The van der Waals surface area contributed by atoms with E-state index in [0.717, 1.165) is 26.1 Å². The Morgan fingerprint density at radius 1 is 1.14 bits per heavy atom. The molecule has 0 aliphatic heterocycles. The third-order valence-corrected chi connectivity index (χ3v) is 4.94. The number of rotatable bonds is 3. The van der Waals surface area contributed by atoms with Gasteiger partial charge in [0, 0.05) is 16.3 Å². The van der Waals surface area contributed by atoms with Crippen LogP contribution in [0.1, 0.15) is 20.8 Å². The molecule has 4 heteroatoms. The molecule has 0 spiro atoms. The van der Waals surface area contributed by atoms with Crippen LogP contribution in [0.2, 0.25) is 5.02 Å². The van der Waals surface area contributed by atoms with Crippen LogP contribution in [0.25, 0.3) is 10.1 Å². The van der Waals surface area contributed by atoms with Crippen LogP contribution >= 0.6 is 22.9 Å². The average molecular weight is 316 g/mol. The highest BCUT2D eigenvalue weighted by Crippen LogP contribution is 2.30. The van der Waals surface area contributed by atoms with Gasteiger partial charge >= 0.3 is 0 Å². The van der Waals surface area contributed by atoms with Crippen molar-refractivity contribution in [3.8, 4) is 0 Å². The highest BCUT2D eigenvalue weighted by molar-refractivity contribution is 7.21. The number of thiophene rings is 1. The van der Waals surface area contributed by atoms with Crippen LogP contribution in [0.4, 0.5) is 0 Å². The number of aryl methyl sites for hydroxylation is 1. The molecule has 3 rings (SSSR count). The van der Waals surface area contributed by atoms with Gasteiger partial charge in [-0.1, -0.05) is 41.9 Å². The zero-order valence-corrected chi connectivity index (χ0v) is 13.1. The van der Waals surface area contributed by atoms with Crippen molar-refractivity contribution < 1.29 is 4.79 Å². The maximum absolute atomic E-state index is 12.3. The monoisotopic (exact) mass is 315 g/mol. The fourth-order valence-electron chi connectivity index (χ4n) is 2.26. The molecule has 0 aliphatic rings. The number of amides is 1. The minimum Gasteiger partial charge on any atom is -0.347 e. The summed E-state index contributed by atoms with van der Waals surface area (Å²) in [6.07, 6.45) is 0. The Labute approximate surface area is 132 Å². The highest BCUT2D eigenvalue weighted by Gasteiger charge is 2.14. The highest BCUT2D eigenvalue weighted by atomic mass is 35.5. The normalized spacial score (nSPS) is 10.8. The molecule has 2 aromatic carbocycles. The van der Waals surface area contributed by atoms with Gasteiger partial charge in [0.1, 0.15) is 0 Å². The van der Waals surface area contributed by atoms with Crippen molar-refractivity contribution in [1.82, 2.24) is 5.32 Å². The van der Waals surface area contributed by atoms with Crippen molar-refractivity contribution in [2.45, 2.75) is 13.5 Å². The predicted octanol–water partition coefficient (Wildman–Crippen LogP) is 4.79. The number of halogens is 1. The lowest BCUT2D eigenvalue weighted by molar-refractivity contribution is 0.0954. The standard InChI is InChI=1S/C17H14ClNOS/c1-11-14-4-2-3-5-15(14)21-16(11)17(20)19-10-12-6-8-13(18)9-7-12/h2-9H,10H2,1H3,(H,19,20). The number of nitrogens with one attached hydrogen (secondary N) is 1. The SMILES string of the molecule is Cc1c(C(=O)NCc2ccc(Cl)cc2)sc2ccccc12. The van der Waals surface area contributed by atoms with Crippen molar-refractivity contribution >= 4 is 38.9 Å². The number of hydrogen-bond acceptors (Lipinski definition) is 2. The molecule has 1 N–H and O–H groups in total. The second kappa shape index (κ2) is 5.88. The predicted molar refractivity (Wildman–Crippen MR) is 89.2 cm³/mol. The van der Waals surface area contributed by atoms with Crippen LogP contribution in [0.5, 0.6) is 0 Å². The molecule has 1 aromatic heterocycles. The van der Waals surface area contributed by atoms with Crippen molar-refractivity contribution in [3.05, 3.63) is 69.6 Å². The first kappa shape index (κ1) is 14.1. The average Bonchev–Trinajstić information content (AvgIpc) is 2.84. The Morgan fingerprint density at radius 2 is 1.86 bits per heavy atom. The van der Waals surface area contributed by atoms with Crippen LogP contribution in [0, 0.1) is 6.92 Å². The summed E-state index contributed by atoms with van der Waals surface area (Å²) in [5.74, 6) is -0.0244. The lowest BCUT2D eigenvalue weighted by Gasteiger charge is -2.05. The van der Waals surface area contributed by atoms with E-state index >= 15 is 0 Å². The summed E-state index contributed by atoms with van der Waals surface area (Å²) in [5, 5.41) is 4.82. The summed E-state index contributed by atoms with van der Waals surface area (Å²) in [6.45, 7) is 2.50. The lowest BCUT2D eigenvalue weighted by atomic mass is 10.1. The van der Waals surface area contributed by atoms with Crippen LogP contribution in [0.3, 0.4) is 0 Å². The summed E-state index contributed by atoms with van der Waals surface area (Å²) in [4.78, 5) is 13.1. The summed E-state index contributed by atoms with van der Waals surface area (Å²) < 4.78 is 1.15. The van der Waals surface area contributed by atoms with E-state index in [1.165, 1.54) is 11.3 Å². The van der Waals surface area contributed by atoms with Crippen LogP contribution in [-0.4, -0.2) is 5.91 Å². The molecule has 1 amide bonds. The molecule has 0 saturated heterocycles. The molecule has 0 bridgehead atoms. The van der Waals surface area contributed by atoms with Gasteiger partial charge in [0.2, 0.25) is 0 Å². The molecule has 0 atom stereocenters. The van der Waals surface area contributed by atoms with E-state index in [9.17, 15) is 4.79 Å². The second-order valence-electron chi connectivity index (χ2n) is 4.86. The summed E-state index contributed by atoms with van der Waals surface area (Å²) in [7, 11) is 0. The van der Waals surface area contributed by atoms with E-state index in [4.69, 9.17) is 11.6 Å². The molecule has 106 valence electrons. The second-order valence-corrected chi connectivity index (χ2v) is 6.35. The molecule has 2 nitrogen and oxygen atoms in total. The van der Waals surface area contributed by atoms with Gasteiger partial charge in [0.05, 0.1) is 4.88 Å². The van der Waals surface area contributed by atoms with E-state index in [1.54, 1.807) is 0 Å². The van der Waals surface area contributed by atoms with Gasteiger partial charge in [-0.15, -0.1) is 11.3 Å². The minimum absolute atomic E-state index is 0.0244. The maximum Gasteiger partial charge on any atom is 0.261 e. The number of fused-ring (bicyclic) bond motifs is 1. The Hall–Kier alpha value is -1.84. The summed E-state index contributed by atoms with van der Waals surface area (Å²) in [5.41, 5.74) is 2.08. The first-order chi connectivity index (χ1) is 10.1. The molecule has 0 unspecified atom stereocenters. The zero-order valence-electron chi connectivity index (χ0n) is 11.5. The first-order valence-corrected chi connectivity index (χ1v) is 7.85. The number of carbonyl (C=O) groups excluding carboxylic acids is 1. The van der Waals surface area contributed by atoms with Crippen molar-refractivity contribution in [1.29, 1.82) is 0 Å². The molecule has 0 radical (unpaired) electrons. The smallest absolute Gasteiger partial charge is 0.261 e. The Kier molecular flexibility index (Phi) is 3.95. The summed E-state index contributed by atoms with van der Waals surface area (Å²) in [6, 6.07) is 15.6. The summed E-state index contributed by atoms with van der Waals surface area (Å²) >= 11 is 7.39. The van der Waals surface area contributed by atoms with Gasteiger partial charge in [0.25, 0.3) is 5.91 Å². The fraction of sp³-hybridized carbons (Fsp3) is 0.118. The molecule has 21 heavy (non-hydrogen) atoms. The van der Waals surface area contributed by atoms with Crippen molar-refractivity contribution in [2.75, 3.05) is 0 Å². The first-order valence-electron chi connectivity index (χ1n) is 6.66. The van der Waals surface area contributed by atoms with Crippen molar-refractivity contribution in [2.24, 2.45) is 0 Å². The number of hydrogen-bond donors (Lipinski definition) is 1. The third kappa shape index (κ3) is 2.94. The van der Waals surface area contributed by atoms with Crippen LogP contribution in [0.15, 0.2) is 48.5 Å². The molecule has 0 aliphatic carbocycles. The molecule has 0 saturated carbocycles. The van der Waals surface area contributed by atoms with E-state index in [-0.39, 0.29) is 5.91 Å². The van der Waals surface area contributed by atoms with Crippen LogP contribution in [-0.2, 0) is 6.54 Å². The molecule has 1 heterocycles. The number of carbonyl (C=O) groups is 1. The van der Waals surface area contributed by atoms with Gasteiger partial charge in [-0.25, -0.2) is 0 Å². The van der Waals surface area contributed by atoms with E-state index < -0.39 is 0 Å². The fourth-order valence-corrected chi connectivity index (χ4v) is 3.51. The van der Waals surface area contributed by atoms with Gasteiger partial charge < -0.3 is 5.32 Å². The topological polar surface area (TPSA) is 29.1 Å². The molecular formula is C17H14ClNOS. The molecule has 3 aromatic rings. The Morgan fingerprint density at radius 3 is 2.57 bits per heavy atom. The van der Waals surface area contributed by atoms with Gasteiger partial charge in [-0.3, -0.25) is 4.79 Å². The third-order valence-electron chi connectivity index (χ3n) is 3.42. The Bertz CT molecular complexity index is 792. The van der Waals surface area contributed by atoms with Gasteiger partial charge in [-0.2, -0.15) is 0 Å².